The van der Waals surface area contributed by atoms with E-state index in [2.05, 4.69) is 158 Å². The highest BCUT2D eigenvalue weighted by Crippen LogP contribution is 2.66. The Hall–Kier alpha value is -5.20. The second-order valence-electron chi connectivity index (χ2n) is 11.5. The minimum atomic E-state index is 0.241. The van der Waals surface area contributed by atoms with Crippen LogP contribution in [0.2, 0.25) is 0 Å². The van der Waals surface area contributed by atoms with Gasteiger partial charge in [-0.1, -0.05) is 158 Å². The van der Waals surface area contributed by atoms with Crippen molar-refractivity contribution in [3.8, 4) is 22.3 Å². The fraction of sp³-hybridized carbons (Fsp3) is 0.0476. The molecule has 3 aliphatic carbocycles. The molecule has 42 heavy (non-hydrogen) atoms. The highest BCUT2D eigenvalue weighted by atomic mass is 14.5. The third-order valence-corrected chi connectivity index (χ3v) is 9.47. The summed E-state index contributed by atoms with van der Waals surface area (Å²) in [5.41, 5.74) is 19.2. The molecule has 1 saturated carbocycles. The van der Waals surface area contributed by atoms with Crippen molar-refractivity contribution in [2.24, 2.45) is 0 Å². The molecule has 0 nitrogen and oxygen atoms in total. The van der Waals surface area contributed by atoms with Crippen LogP contribution in [0.5, 0.6) is 0 Å². The van der Waals surface area contributed by atoms with E-state index in [1.54, 1.807) is 0 Å². The molecule has 0 N–H and O–H groups in total. The summed E-state index contributed by atoms with van der Waals surface area (Å²) in [5, 5.41) is 0. The SMILES string of the molecule is c1ccc([C@H]2C(=C3c4ccccc4-c4ccccc43)C(=C3c4ccccc4-c4ccccc43)[C@@H]2c2ccccc2)cc1. The Bertz CT molecular complexity index is 1830. The molecule has 0 aliphatic heterocycles. The molecular weight excluding hydrogens is 504 g/mol. The number of hydrogen-bond donors (Lipinski definition) is 0. The van der Waals surface area contributed by atoms with Crippen molar-refractivity contribution in [1.29, 1.82) is 0 Å². The van der Waals surface area contributed by atoms with E-state index in [1.165, 1.54) is 77.9 Å². The molecule has 2 atom stereocenters. The first-order valence-electron chi connectivity index (χ1n) is 14.9. The zero-order chi connectivity index (χ0) is 27.6. The Labute approximate surface area is 247 Å². The number of rotatable bonds is 2. The maximum Gasteiger partial charge on any atom is 0.0209 e. The van der Waals surface area contributed by atoms with Crippen molar-refractivity contribution in [1.82, 2.24) is 0 Å². The molecule has 6 aromatic carbocycles. The zero-order valence-electron chi connectivity index (χ0n) is 23.2. The average molecular weight is 533 g/mol. The molecule has 3 aliphatic rings. The molecule has 0 unspecified atom stereocenters. The first-order valence-corrected chi connectivity index (χ1v) is 14.9. The lowest BCUT2D eigenvalue weighted by atomic mass is 9.56. The van der Waals surface area contributed by atoms with E-state index < -0.39 is 0 Å². The summed E-state index contributed by atoms with van der Waals surface area (Å²) in [5.74, 6) is 0.482. The maximum atomic E-state index is 2.33. The molecule has 0 amide bonds. The first kappa shape index (κ1) is 23.5. The number of fused-ring (bicyclic) bond motifs is 6. The second-order valence-corrected chi connectivity index (χ2v) is 11.5. The molecule has 0 aromatic heterocycles. The van der Waals surface area contributed by atoms with Crippen LogP contribution in [0.15, 0.2) is 169 Å². The number of hydrogen-bond acceptors (Lipinski definition) is 0. The highest BCUT2D eigenvalue weighted by Gasteiger charge is 2.49. The molecule has 196 valence electrons. The molecule has 0 heteroatoms. The summed E-state index contributed by atoms with van der Waals surface area (Å²) in [6.07, 6.45) is 0. The largest absolute Gasteiger partial charge is 0.0622 e. The van der Waals surface area contributed by atoms with Gasteiger partial charge < -0.3 is 0 Å². The van der Waals surface area contributed by atoms with Gasteiger partial charge in [0, 0.05) is 11.8 Å². The molecule has 0 bridgehead atoms. The third kappa shape index (κ3) is 3.24. The van der Waals surface area contributed by atoms with Gasteiger partial charge in [0.2, 0.25) is 0 Å². The predicted molar refractivity (Wildman–Crippen MR) is 174 cm³/mol. The van der Waals surface area contributed by atoms with E-state index >= 15 is 0 Å². The predicted octanol–water partition coefficient (Wildman–Crippen LogP) is 10.5. The molecule has 0 heterocycles. The maximum absolute atomic E-state index is 2.33. The van der Waals surface area contributed by atoms with Gasteiger partial charge in [-0.25, -0.2) is 0 Å². The molecule has 9 rings (SSSR count). The fourth-order valence-corrected chi connectivity index (χ4v) is 7.81. The zero-order valence-corrected chi connectivity index (χ0v) is 23.2. The summed E-state index contributed by atoms with van der Waals surface area (Å²) < 4.78 is 0. The van der Waals surface area contributed by atoms with Gasteiger partial charge in [-0.05, 0) is 77.9 Å². The minimum absolute atomic E-state index is 0.241. The topological polar surface area (TPSA) is 0 Å². The van der Waals surface area contributed by atoms with Crippen molar-refractivity contribution in [3.05, 3.63) is 202 Å². The van der Waals surface area contributed by atoms with Gasteiger partial charge >= 0.3 is 0 Å². The summed E-state index contributed by atoms with van der Waals surface area (Å²) in [7, 11) is 0. The van der Waals surface area contributed by atoms with Gasteiger partial charge in [-0.2, -0.15) is 0 Å². The van der Waals surface area contributed by atoms with Crippen molar-refractivity contribution in [2.75, 3.05) is 0 Å². The van der Waals surface area contributed by atoms with Crippen molar-refractivity contribution >= 4 is 11.1 Å². The summed E-state index contributed by atoms with van der Waals surface area (Å²) in [6, 6.07) is 58.3. The Balaban J connectivity index is 1.46. The van der Waals surface area contributed by atoms with E-state index in [0.717, 1.165) is 0 Å². The standard InChI is InChI=1S/C42H28/c1-3-15-27(16-4-1)37-38(28-17-5-2-6-18-28)42(40-35-25-13-9-21-31(35)32-22-10-14-26-36(32)40)41(37)39-33-23-11-7-19-29(33)30-20-8-12-24-34(30)39/h1-26,37-38H/t37-,38-/m1/s1. The van der Waals surface area contributed by atoms with Crippen LogP contribution in [0.1, 0.15) is 45.2 Å². The molecule has 6 aromatic rings. The molecule has 1 fully saturated rings. The van der Waals surface area contributed by atoms with Crippen LogP contribution in [0.4, 0.5) is 0 Å². The van der Waals surface area contributed by atoms with E-state index in [9.17, 15) is 0 Å². The highest BCUT2D eigenvalue weighted by molar-refractivity contribution is 6.09. The van der Waals surface area contributed by atoms with Gasteiger partial charge in [0.05, 0.1) is 0 Å². The quantitative estimate of drug-likeness (QED) is 0.208. The lowest BCUT2D eigenvalue weighted by Gasteiger charge is -2.46. The monoisotopic (exact) mass is 532 g/mol. The van der Waals surface area contributed by atoms with Gasteiger partial charge in [0.25, 0.3) is 0 Å². The fourth-order valence-electron chi connectivity index (χ4n) is 7.81. The first-order chi connectivity index (χ1) is 20.9. The lowest BCUT2D eigenvalue weighted by molar-refractivity contribution is 0.592. The van der Waals surface area contributed by atoms with Crippen LogP contribution in [0.25, 0.3) is 33.4 Å². The summed E-state index contributed by atoms with van der Waals surface area (Å²) >= 11 is 0. The van der Waals surface area contributed by atoms with Gasteiger partial charge in [-0.15, -0.1) is 0 Å². The van der Waals surface area contributed by atoms with Crippen LogP contribution in [0, 0.1) is 0 Å². The van der Waals surface area contributed by atoms with Crippen LogP contribution >= 0.6 is 0 Å². The smallest absolute Gasteiger partial charge is 0.0209 e. The number of benzene rings is 6. The molecule has 0 spiro atoms. The van der Waals surface area contributed by atoms with Crippen LogP contribution in [-0.2, 0) is 0 Å². The van der Waals surface area contributed by atoms with E-state index in [0.29, 0.717) is 0 Å². The Kier molecular flexibility index (Phi) is 5.12. The second kappa shape index (κ2) is 9.16. The van der Waals surface area contributed by atoms with E-state index in [1.807, 2.05) is 0 Å². The average Bonchev–Trinajstić information content (AvgIpc) is 3.55. The van der Waals surface area contributed by atoms with Crippen molar-refractivity contribution in [2.45, 2.75) is 11.8 Å². The molecular formula is C42H28. The summed E-state index contributed by atoms with van der Waals surface area (Å²) in [4.78, 5) is 0. The Morgan fingerprint density at radius 3 is 0.762 bits per heavy atom. The van der Waals surface area contributed by atoms with E-state index in [4.69, 9.17) is 0 Å². The van der Waals surface area contributed by atoms with Gasteiger partial charge in [-0.3, -0.25) is 0 Å². The van der Waals surface area contributed by atoms with Gasteiger partial charge in [0.15, 0.2) is 0 Å². The van der Waals surface area contributed by atoms with Crippen LogP contribution < -0.4 is 0 Å². The Morgan fingerprint density at radius 1 is 0.238 bits per heavy atom. The number of allylic oxidation sites excluding steroid dienone is 2. The van der Waals surface area contributed by atoms with Crippen LogP contribution in [-0.4, -0.2) is 0 Å². The third-order valence-electron chi connectivity index (χ3n) is 9.47. The van der Waals surface area contributed by atoms with Crippen molar-refractivity contribution < 1.29 is 0 Å². The molecule has 0 saturated heterocycles. The van der Waals surface area contributed by atoms with Crippen LogP contribution in [0.3, 0.4) is 0 Å². The summed E-state index contributed by atoms with van der Waals surface area (Å²) in [6.45, 7) is 0. The molecule has 0 radical (unpaired) electrons. The van der Waals surface area contributed by atoms with Crippen molar-refractivity contribution in [3.63, 3.8) is 0 Å². The minimum Gasteiger partial charge on any atom is -0.0622 e. The van der Waals surface area contributed by atoms with E-state index in [-0.39, 0.29) is 11.8 Å². The lowest BCUT2D eigenvalue weighted by Crippen LogP contribution is -2.31. The normalized spacial score (nSPS) is 17.8. The van der Waals surface area contributed by atoms with Gasteiger partial charge in [0.1, 0.15) is 0 Å². The Morgan fingerprint density at radius 2 is 0.476 bits per heavy atom.